The van der Waals surface area contributed by atoms with Gasteiger partial charge in [0.1, 0.15) is 0 Å². The summed E-state index contributed by atoms with van der Waals surface area (Å²) in [6.07, 6.45) is 0. The van der Waals surface area contributed by atoms with Gasteiger partial charge < -0.3 is 4.90 Å². The number of para-hydroxylation sites is 1. The van der Waals surface area contributed by atoms with E-state index in [2.05, 4.69) is 199 Å². The number of hydrogen-bond donors (Lipinski definition) is 0. The third kappa shape index (κ3) is 5.78. The van der Waals surface area contributed by atoms with Crippen LogP contribution in [0.2, 0.25) is 0 Å². The van der Waals surface area contributed by atoms with Crippen molar-refractivity contribution in [3.05, 3.63) is 206 Å². The van der Waals surface area contributed by atoms with Gasteiger partial charge in [0.05, 0.1) is 17.1 Å². The molecule has 0 N–H and O–H groups in total. The molecule has 3 heterocycles. The molecule has 57 heavy (non-hydrogen) atoms. The molecule has 0 atom stereocenters. The van der Waals surface area contributed by atoms with Crippen LogP contribution in [0, 0.1) is 0 Å². The Labute approximate surface area is 337 Å². The Hall–Kier alpha value is -6.95. The minimum absolute atomic E-state index is 0.0123. The molecule has 5 heteroatoms. The smallest absolute Gasteiger partial charge is 0.249 e. The Morgan fingerprint density at radius 3 is 1.63 bits per heavy atom. The first kappa shape index (κ1) is 33.4. The lowest BCUT2D eigenvalue weighted by atomic mass is 9.34. The van der Waals surface area contributed by atoms with Crippen LogP contribution in [-0.4, -0.2) is 16.7 Å². The van der Waals surface area contributed by atoms with E-state index in [-0.39, 0.29) is 6.71 Å². The van der Waals surface area contributed by atoms with Gasteiger partial charge >= 0.3 is 0 Å². The highest BCUT2D eigenvalue weighted by Crippen LogP contribution is 2.46. The second-order valence-electron chi connectivity index (χ2n) is 14.5. The van der Waals surface area contributed by atoms with E-state index in [1.54, 1.807) is 0 Å². The van der Waals surface area contributed by atoms with Gasteiger partial charge in [-0.05, 0) is 57.9 Å². The summed E-state index contributed by atoms with van der Waals surface area (Å²) in [5.41, 5.74) is 17.2. The van der Waals surface area contributed by atoms with Crippen LogP contribution in [0.15, 0.2) is 216 Å². The summed E-state index contributed by atoms with van der Waals surface area (Å²) in [6, 6.07) is 73.8. The van der Waals surface area contributed by atoms with Gasteiger partial charge in [-0.3, -0.25) is 0 Å². The molecule has 8 aromatic carbocycles. The maximum absolute atomic E-state index is 5.29. The van der Waals surface area contributed by atoms with E-state index in [1.807, 2.05) is 23.9 Å². The zero-order chi connectivity index (χ0) is 37.7. The summed E-state index contributed by atoms with van der Waals surface area (Å²) in [7, 11) is 0. The zero-order valence-corrected chi connectivity index (χ0v) is 31.8. The summed E-state index contributed by atoms with van der Waals surface area (Å²) in [5.74, 6) is 0.730. The number of aromatic nitrogens is 2. The van der Waals surface area contributed by atoms with Crippen LogP contribution in [0.25, 0.3) is 56.2 Å². The van der Waals surface area contributed by atoms with Gasteiger partial charge in [0, 0.05) is 43.4 Å². The van der Waals surface area contributed by atoms with Crippen molar-refractivity contribution in [3.8, 4) is 56.2 Å². The van der Waals surface area contributed by atoms with E-state index in [9.17, 15) is 0 Å². The van der Waals surface area contributed by atoms with Gasteiger partial charge in [0.2, 0.25) is 6.71 Å². The molecule has 0 radical (unpaired) electrons. The fourth-order valence-electron chi connectivity index (χ4n) is 8.56. The topological polar surface area (TPSA) is 29.0 Å². The van der Waals surface area contributed by atoms with Gasteiger partial charge in [-0.2, -0.15) is 0 Å². The van der Waals surface area contributed by atoms with E-state index in [0.717, 1.165) is 39.6 Å². The minimum atomic E-state index is 0.0123. The van der Waals surface area contributed by atoms with E-state index in [0.29, 0.717) is 0 Å². The molecule has 0 saturated heterocycles. The third-order valence-corrected chi connectivity index (χ3v) is 12.4. The van der Waals surface area contributed by atoms with Crippen molar-refractivity contribution in [1.29, 1.82) is 0 Å². The van der Waals surface area contributed by atoms with Crippen LogP contribution in [-0.2, 0) is 0 Å². The second-order valence-corrected chi connectivity index (χ2v) is 15.6. The van der Waals surface area contributed by atoms with Gasteiger partial charge in [0.25, 0.3) is 0 Å². The Kier molecular flexibility index (Phi) is 8.18. The maximum Gasteiger partial charge on any atom is 0.249 e. The lowest BCUT2D eigenvalue weighted by molar-refractivity contribution is 1.17. The molecule has 0 amide bonds. The molecule has 0 saturated carbocycles. The molecule has 0 spiro atoms. The van der Waals surface area contributed by atoms with Crippen LogP contribution >= 0.6 is 11.8 Å². The summed E-state index contributed by atoms with van der Waals surface area (Å²) >= 11 is 1.84. The number of nitrogens with zero attached hydrogens (tertiary/aromatic N) is 3. The van der Waals surface area contributed by atoms with Crippen molar-refractivity contribution < 1.29 is 0 Å². The number of anilines is 3. The predicted molar refractivity (Wildman–Crippen MR) is 239 cm³/mol. The highest BCUT2D eigenvalue weighted by molar-refractivity contribution is 8.00. The van der Waals surface area contributed by atoms with Crippen LogP contribution in [0.3, 0.4) is 0 Å². The van der Waals surface area contributed by atoms with Crippen molar-refractivity contribution in [3.63, 3.8) is 0 Å². The lowest BCUT2D eigenvalue weighted by Gasteiger charge is -2.41. The van der Waals surface area contributed by atoms with Crippen molar-refractivity contribution in [2.75, 3.05) is 4.90 Å². The molecule has 9 aromatic rings. The molecule has 11 rings (SSSR count). The molecule has 2 aliphatic heterocycles. The standard InChI is InChI=1S/C52H34BN3S/c1-5-17-35(18-6-1)39-31-32-42-48(33-39)56(46-28-14-13-25-40(46)36-19-7-2-8-20-36)47-29-16-30-49-50(47)53(42)43-27-15-26-41(51(43)57-49)52-54-44(37-21-9-3-10-22-37)34-45(55-52)38-23-11-4-12-24-38/h1-34H. The molecule has 3 nitrogen and oxygen atoms in total. The molecular formula is C52H34BN3S. The maximum atomic E-state index is 5.29. The monoisotopic (exact) mass is 743 g/mol. The molecule has 266 valence electrons. The normalized spacial score (nSPS) is 12.4. The van der Waals surface area contributed by atoms with Gasteiger partial charge in [-0.1, -0.05) is 193 Å². The van der Waals surface area contributed by atoms with Gasteiger partial charge in [-0.15, -0.1) is 0 Å². The van der Waals surface area contributed by atoms with Crippen LogP contribution in [0.1, 0.15) is 0 Å². The van der Waals surface area contributed by atoms with E-state index >= 15 is 0 Å². The van der Waals surface area contributed by atoms with Crippen molar-refractivity contribution in [2.45, 2.75) is 9.79 Å². The minimum Gasteiger partial charge on any atom is -0.311 e. The van der Waals surface area contributed by atoms with Gasteiger partial charge in [-0.25, -0.2) is 9.97 Å². The summed E-state index contributed by atoms with van der Waals surface area (Å²) < 4.78 is 0. The fourth-order valence-corrected chi connectivity index (χ4v) is 9.83. The van der Waals surface area contributed by atoms with Crippen molar-refractivity contribution in [2.24, 2.45) is 0 Å². The molecule has 0 aliphatic carbocycles. The first-order valence-corrected chi connectivity index (χ1v) is 20.2. The van der Waals surface area contributed by atoms with Crippen molar-refractivity contribution in [1.82, 2.24) is 9.97 Å². The average molecular weight is 744 g/mol. The third-order valence-electron chi connectivity index (χ3n) is 11.2. The number of benzene rings is 8. The first-order chi connectivity index (χ1) is 28.3. The Morgan fingerprint density at radius 1 is 0.386 bits per heavy atom. The molecule has 0 unspecified atom stereocenters. The second kappa shape index (κ2) is 14.0. The molecule has 0 bridgehead atoms. The van der Waals surface area contributed by atoms with E-state index in [4.69, 9.17) is 9.97 Å². The fraction of sp³-hybridized carbons (Fsp3) is 0. The summed E-state index contributed by atoms with van der Waals surface area (Å²) in [6.45, 7) is 0.0123. The number of rotatable bonds is 6. The Morgan fingerprint density at radius 2 is 0.947 bits per heavy atom. The first-order valence-electron chi connectivity index (χ1n) is 19.4. The summed E-state index contributed by atoms with van der Waals surface area (Å²) in [4.78, 5) is 15.5. The van der Waals surface area contributed by atoms with E-state index in [1.165, 1.54) is 59.8 Å². The van der Waals surface area contributed by atoms with Crippen LogP contribution in [0.5, 0.6) is 0 Å². The van der Waals surface area contributed by atoms with Crippen molar-refractivity contribution >= 4 is 51.9 Å². The number of hydrogen-bond acceptors (Lipinski definition) is 4. The lowest BCUT2D eigenvalue weighted by Crippen LogP contribution is -2.59. The highest BCUT2D eigenvalue weighted by atomic mass is 32.2. The zero-order valence-electron chi connectivity index (χ0n) is 31.0. The average Bonchev–Trinajstić information content (AvgIpc) is 3.29. The van der Waals surface area contributed by atoms with Gasteiger partial charge in [0.15, 0.2) is 5.82 Å². The molecule has 2 aliphatic rings. The molecular weight excluding hydrogens is 709 g/mol. The Balaban J connectivity index is 1.14. The Bertz CT molecular complexity index is 2880. The van der Waals surface area contributed by atoms with Crippen LogP contribution < -0.4 is 21.3 Å². The van der Waals surface area contributed by atoms with Crippen LogP contribution in [0.4, 0.5) is 17.1 Å². The highest BCUT2D eigenvalue weighted by Gasteiger charge is 2.42. The largest absolute Gasteiger partial charge is 0.311 e. The molecule has 1 aromatic heterocycles. The quantitative estimate of drug-likeness (QED) is 0.159. The summed E-state index contributed by atoms with van der Waals surface area (Å²) in [5, 5.41) is 0. The predicted octanol–water partition coefficient (Wildman–Crippen LogP) is 11.6. The SMILES string of the molecule is c1ccc(-c2ccc3c(c2)N(c2ccccc2-c2ccccc2)c2cccc4c2B3c2cccc(-c3nc(-c5ccccc5)cc(-c5ccccc5)n3)c2S4)cc1. The van der Waals surface area contributed by atoms with E-state index < -0.39 is 0 Å². The molecule has 0 fully saturated rings. The number of fused-ring (bicyclic) bond motifs is 4.